The average Bonchev–Trinajstić information content (AvgIpc) is 2.99. The molecule has 0 amide bonds. The van der Waals surface area contributed by atoms with Gasteiger partial charge in [0.25, 0.3) is 0 Å². The molecular formula is C15H15N5O. The van der Waals surface area contributed by atoms with Crippen LogP contribution in [0.1, 0.15) is 12.8 Å². The van der Waals surface area contributed by atoms with Gasteiger partial charge in [-0.3, -0.25) is 0 Å². The summed E-state index contributed by atoms with van der Waals surface area (Å²) in [5.74, 6) is 2.18. The van der Waals surface area contributed by atoms with Crippen molar-refractivity contribution in [3.8, 4) is 22.8 Å². The van der Waals surface area contributed by atoms with Crippen molar-refractivity contribution in [1.82, 2.24) is 19.5 Å². The molecular weight excluding hydrogens is 266 g/mol. The van der Waals surface area contributed by atoms with Crippen LogP contribution >= 0.6 is 0 Å². The van der Waals surface area contributed by atoms with Gasteiger partial charge in [-0.1, -0.05) is 0 Å². The van der Waals surface area contributed by atoms with Crippen LogP contribution in [0.3, 0.4) is 0 Å². The van der Waals surface area contributed by atoms with E-state index in [2.05, 4.69) is 20.3 Å². The van der Waals surface area contributed by atoms with Crippen LogP contribution in [0, 0.1) is 0 Å². The molecule has 6 nitrogen and oxygen atoms in total. The Hall–Kier alpha value is -2.63. The molecule has 0 atom stereocenters. The van der Waals surface area contributed by atoms with E-state index in [1.807, 2.05) is 29.9 Å². The molecule has 1 aliphatic carbocycles. The number of rotatable bonds is 4. The fraction of sp³-hybridized carbons (Fsp3) is 0.267. The van der Waals surface area contributed by atoms with Gasteiger partial charge in [0.15, 0.2) is 5.76 Å². The highest BCUT2D eigenvalue weighted by Crippen LogP contribution is 2.31. The van der Waals surface area contributed by atoms with Crippen molar-refractivity contribution in [2.45, 2.75) is 18.9 Å². The predicted molar refractivity (Wildman–Crippen MR) is 78.6 cm³/mol. The van der Waals surface area contributed by atoms with Crippen molar-refractivity contribution in [1.29, 1.82) is 0 Å². The van der Waals surface area contributed by atoms with Crippen molar-refractivity contribution >= 4 is 5.95 Å². The second-order valence-electron chi connectivity index (χ2n) is 5.21. The summed E-state index contributed by atoms with van der Waals surface area (Å²) in [6.07, 6.45) is 9.47. The third-order valence-corrected chi connectivity index (χ3v) is 3.52. The summed E-state index contributed by atoms with van der Waals surface area (Å²) < 4.78 is 7.46. The fourth-order valence-electron chi connectivity index (χ4n) is 2.25. The van der Waals surface area contributed by atoms with Crippen molar-refractivity contribution in [3.63, 3.8) is 0 Å². The molecule has 3 aromatic rings. The molecule has 3 aromatic heterocycles. The molecule has 1 N–H and O–H groups in total. The van der Waals surface area contributed by atoms with Gasteiger partial charge >= 0.3 is 0 Å². The zero-order valence-electron chi connectivity index (χ0n) is 11.7. The van der Waals surface area contributed by atoms with Crippen LogP contribution in [0.15, 0.2) is 41.4 Å². The van der Waals surface area contributed by atoms with Gasteiger partial charge < -0.3 is 14.3 Å². The van der Waals surface area contributed by atoms with Crippen molar-refractivity contribution in [2.24, 2.45) is 7.05 Å². The maximum absolute atomic E-state index is 5.52. The SMILES string of the molecule is Cn1ccnc1-c1cnc(NC2CC2)nc1-c1ccco1. The van der Waals surface area contributed by atoms with Gasteiger partial charge in [-0.15, -0.1) is 0 Å². The first-order valence-corrected chi connectivity index (χ1v) is 6.96. The zero-order valence-corrected chi connectivity index (χ0v) is 11.7. The molecule has 4 rings (SSSR count). The van der Waals surface area contributed by atoms with Gasteiger partial charge in [-0.05, 0) is 25.0 Å². The maximum atomic E-state index is 5.52. The lowest BCUT2D eigenvalue weighted by Gasteiger charge is -2.09. The quantitative estimate of drug-likeness (QED) is 0.796. The van der Waals surface area contributed by atoms with Crippen molar-refractivity contribution in [2.75, 3.05) is 5.32 Å². The van der Waals surface area contributed by atoms with Gasteiger partial charge in [0.1, 0.15) is 11.5 Å². The van der Waals surface area contributed by atoms with Crippen LogP contribution in [0.5, 0.6) is 0 Å². The molecule has 0 radical (unpaired) electrons. The highest BCUT2D eigenvalue weighted by atomic mass is 16.3. The molecule has 106 valence electrons. The molecule has 0 aromatic carbocycles. The molecule has 1 aliphatic rings. The number of aryl methyl sites for hydroxylation is 1. The molecule has 1 saturated carbocycles. The fourth-order valence-corrected chi connectivity index (χ4v) is 2.25. The number of anilines is 1. The summed E-state index contributed by atoms with van der Waals surface area (Å²) in [4.78, 5) is 13.4. The Morgan fingerprint density at radius 2 is 2.24 bits per heavy atom. The second kappa shape index (κ2) is 4.73. The van der Waals surface area contributed by atoms with E-state index in [9.17, 15) is 0 Å². The Kier molecular flexibility index (Phi) is 2.73. The van der Waals surface area contributed by atoms with Gasteiger partial charge in [0, 0.05) is 31.7 Å². The largest absolute Gasteiger partial charge is 0.463 e. The molecule has 6 heteroatoms. The molecule has 0 spiro atoms. The van der Waals surface area contributed by atoms with Crippen molar-refractivity contribution < 1.29 is 4.42 Å². The minimum Gasteiger partial charge on any atom is -0.463 e. The summed E-state index contributed by atoms with van der Waals surface area (Å²) in [5, 5.41) is 3.31. The summed E-state index contributed by atoms with van der Waals surface area (Å²) >= 11 is 0. The standard InChI is InChI=1S/C15H15N5O/c1-20-7-6-16-14(20)11-9-17-15(18-10-4-5-10)19-13(11)12-3-2-8-21-12/h2-3,6-10H,4-5H2,1H3,(H,17,18,19). The average molecular weight is 281 g/mol. The van der Waals surface area contributed by atoms with Crippen LogP contribution in [0.4, 0.5) is 5.95 Å². The summed E-state index contributed by atoms with van der Waals surface area (Å²) in [7, 11) is 1.95. The van der Waals surface area contributed by atoms with Gasteiger partial charge in [0.2, 0.25) is 5.95 Å². The summed E-state index contributed by atoms with van der Waals surface area (Å²) in [6.45, 7) is 0. The van der Waals surface area contributed by atoms with E-state index in [1.54, 1.807) is 18.7 Å². The molecule has 21 heavy (non-hydrogen) atoms. The van der Waals surface area contributed by atoms with Crippen LogP contribution in [-0.2, 0) is 7.05 Å². The lowest BCUT2D eigenvalue weighted by molar-refractivity contribution is 0.580. The van der Waals surface area contributed by atoms with Gasteiger partial charge in [-0.2, -0.15) is 0 Å². The van der Waals surface area contributed by atoms with Crippen LogP contribution in [-0.4, -0.2) is 25.6 Å². The molecule has 0 aliphatic heterocycles. The first-order valence-electron chi connectivity index (χ1n) is 6.96. The van der Waals surface area contributed by atoms with Crippen LogP contribution < -0.4 is 5.32 Å². The minimum absolute atomic E-state index is 0.508. The number of nitrogens with zero attached hydrogens (tertiary/aromatic N) is 4. The van der Waals surface area contributed by atoms with Crippen LogP contribution in [0.2, 0.25) is 0 Å². The third kappa shape index (κ3) is 2.29. The normalized spacial score (nSPS) is 14.3. The molecule has 0 saturated heterocycles. The number of aromatic nitrogens is 4. The highest BCUT2D eigenvalue weighted by Gasteiger charge is 2.23. The zero-order chi connectivity index (χ0) is 14.2. The van der Waals surface area contributed by atoms with E-state index in [1.165, 1.54) is 12.8 Å². The lowest BCUT2D eigenvalue weighted by atomic mass is 10.2. The van der Waals surface area contributed by atoms with E-state index in [-0.39, 0.29) is 0 Å². The van der Waals surface area contributed by atoms with E-state index in [0.717, 1.165) is 17.1 Å². The maximum Gasteiger partial charge on any atom is 0.223 e. The number of furan rings is 1. The van der Waals surface area contributed by atoms with E-state index in [0.29, 0.717) is 17.8 Å². The van der Waals surface area contributed by atoms with E-state index >= 15 is 0 Å². The molecule has 1 fully saturated rings. The Morgan fingerprint density at radius 1 is 1.33 bits per heavy atom. The Bertz CT molecular complexity index is 758. The minimum atomic E-state index is 0.508. The topological polar surface area (TPSA) is 68.8 Å². The van der Waals surface area contributed by atoms with Crippen LogP contribution in [0.25, 0.3) is 22.8 Å². The smallest absolute Gasteiger partial charge is 0.223 e. The van der Waals surface area contributed by atoms with E-state index < -0.39 is 0 Å². The predicted octanol–water partition coefficient (Wildman–Crippen LogP) is 2.71. The first-order chi connectivity index (χ1) is 10.3. The lowest BCUT2D eigenvalue weighted by Crippen LogP contribution is -2.07. The van der Waals surface area contributed by atoms with Gasteiger partial charge in [-0.25, -0.2) is 15.0 Å². The van der Waals surface area contributed by atoms with Gasteiger partial charge in [0.05, 0.1) is 11.8 Å². The number of nitrogens with one attached hydrogen (secondary N) is 1. The molecule has 3 heterocycles. The monoisotopic (exact) mass is 281 g/mol. The van der Waals surface area contributed by atoms with E-state index in [4.69, 9.17) is 4.42 Å². The summed E-state index contributed by atoms with van der Waals surface area (Å²) in [6, 6.07) is 4.26. The number of imidazole rings is 1. The summed E-state index contributed by atoms with van der Waals surface area (Å²) in [5.41, 5.74) is 1.62. The molecule has 0 bridgehead atoms. The third-order valence-electron chi connectivity index (χ3n) is 3.52. The molecule has 0 unspecified atom stereocenters. The Labute approximate surface area is 121 Å². The Balaban J connectivity index is 1.83. The number of hydrogen-bond acceptors (Lipinski definition) is 5. The first kappa shape index (κ1) is 12.1. The highest BCUT2D eigenvalue weighted by molar-refractivity contribution is 5.75. The number of hydrogen-bond donors (Lipinski definition) is 1. The Morgan fingerprint density at radius 3 is 2.90 bits per heavy atom. The second-order valence-corrected chi connectivity index (χ2v) is 5.21. The van der Waals surface area contributed by atoms with Crippen molar-refractivity contribution in [3.05, 3.63) is 37.0 Å².